The van der Waals surface area contributed by atoms with Gasteiger partial charge in [-0.2, -0.15) is 0 Å². The van der Waals surface area contributed by atoms with Gasteiger partial charge in [0.2, 0.25) is 0 Å². The minimum atomic E-state index is 0.642. The van der Waals surface area contributed by atoms with E-state index in [2.05, 4.69) is 35.9 Å². The molecule has 3 heteroatoms. The molecule has 0 aromatic heterocycles. The second-order valence-corrected chi connectivity index (χ2v) is 7.19. The van der Waals surface area contributed by atoms with Gasteiger partial charge in [0.05, 0.1) is 0 Å². The lowest BCUT2D eigenvalue weighted by Crippen LogP contribution is -2.45. The van der Waals surface area contributed by atoms with Gasteiger partial charge in [-0.15, -0.1) is 0 Å². The molecule has 2 unspecified atom stereocenters. The van der Waals surface area contributed by atoms with Crippen LogP contribution in [0.3, 0.4) is 0 Å². The van der Waals surface area contributed by atoms with Crippen LogP contribution in [0.4, 0.5) is 0 Å². The highest BCUT2D eigenvalue weighted by Crippen LogP contribution is 2.15. The smallest absolute Gasteiger partial charge is 0.0169 e. The van der Waals surface area contributed by atoms with Crippen molar-refractivity contribution in [1.29, 1.82) is 0 Å². The van der Waals surface area contributed by atoms with Crippen molar-refractivity contribution in [3.8, 4) is 0 Å². The van der Waals surface area contributed by atoms with Crippen molar-refractivity contribution in [3.05, 3.63) is 0 Å². The lowest BCUT2D eigenvalue weighted by atomic mass is 10.1. The molecule has 0 radical (unpaired) electrons. The topological polar surface area (TPSA) is 18.5 Å². The van der Waals surface area contributed by atoms with Crippen molar-refractivity contribution in [2.24, 2.45) is 0 Å². The van der Waals surface area contributed by atoms with E-state index in [9.17, 15) is 0 Å². The van der Waals surface area contributed by atoms with Gasteiger partial charge in [-0.1, -0.05) is 6.42 Å². The van der Waals surface area contributed by atoms with Crippen LogP contribution in [-0.2, 0) is 0 Å². The van der Waals surface area contributed by atoms with Crippen molar-refractivity contribution in [1.82, 2.24) is 15.1 Å². The molecule has 2 aliphatic rings. The Bertz CT molecular complexity index is 261. The molecular formula is C17H35N3. The van der Waals surface area contributed by atoms with Crippen LogP contribution < -0.4 is 5.32 Å². The van der Waals surface area contributed by atoms with Gasteiger partial charge in [-0.25, -0.2) is 0 Å². The Morgan fingerprint density at radius 2 is 1.65 bits per heavy atom. The first kappa shape index (κ1) is 16.3. The zero-order valence-corrected chi connectivity index (χ0v) is 13.9. The van der Waals surface area contributed by atoms with Gasteiger partial charge >= 0.3 is 0 Å². The highest BCUT2D eigenvalue weighted by molar-refractivity contribution is 4.80. The molecule has 1 N–H and O–H groups in total. The normalized spacial score (nSPS) is 28.5. The molecule has 0 aromatic carbocycles. The number of hydrogen-bond donors (Lipinski definition) is 1. The van der Waals surface area contributed by atoms with E-state index in [-0.39, 0.29) is 0 Å². The molecule has 0 saturated carbocycles. The monoisotopic (exact) mass is 281 g/mol. The molecule has 2 heterocycles. The van der Waals surface area contributed by atoms with E-state index in [1.165, 1.54) is 71.2 Å². The van der Waals surface area contributed by atoms with Gasteiger partial charge in [0.25, 0.3) is 0 Å². The minimum Gasteiger partial charge on any atom is -0.310 e. The van der Waals surface area contributed by atoms with E-state index in [4.69, 9.17) is 0 Å². The molecule has 0 aliphatic carbocycles. The highest BCUT2D eigenvalue weighted by atomic mass is 15.2. The van der Waals surface area contributed by atoms with E-state index >= 15 is 0 Å². The van der Waals surface area contributed by atoms with Crippen molar-refractivity contribution >= 4 is 0 Å². The van der Waals surface area contributed by atoms with Gasteiger partial charge in [-0.3, -0.25) is 0 Å². The quantitative estimate of drug-likeness (QED) is 0.836. The van der Waals surface area contributed by atoms with Crippen LogP contribution in [0.25, 0.3) is 0 Å². The molecule has 2 atom stereocenters. The van der Waals surface area contributed by atoms with Crippen LogP contribution >= 0.6 is 0 Å². The summed E-state index contributed by atoms with van der Waals surface area (Å²) in [5, 5.41) is 3.90. The molecule has 20 heavy (non-hydrogen) atoms. The molecule has 2 rings (SSSR count). The Morgan fingerprint density at radius 3 is 2.35 bits per heavy atom. The SMILES string of the molecule is CC(CN1CCCCC1)NC1CCCN(C(C)C)CC1. The lowest BCUT2D eigenvalue weighted by Gasteiger charge is -2.31. The molecule has 0 spiro atoms. The zero-order chi connectivity index (χ0) is 14.4. The third kappa shape index (κ3) is 5.34. The van der Waals surface area contributed by atoms with Gasteiger partial charge in [0, 0.05) is 24.7 Å². The molecule has 0 aromatic rings. The number of piperidine rings is 1. The van der Waals surface area contributed by atoms with Crippen LogP contribution in [0.1, 0.15) is 59.3 Å². The number of nitrogens with one attached hydrogen (secondary N) is 1. The van der Waals surface area contributed by atoms with Crippen molar-refractivity contribution in [2.75, 3.05) is 32.7 Å². The van der Waals surface area contributed by atoms with Gasteiger partial charge in [0.15, 0.2) is 0 Å². The summed E-state index contributed by atoms with van der Waals surface area (Å²) in [4.78, 5) is 5.29. The molecule has 3 nitrogen and oxygen atoms in total. The van der Waals surface area contributed by atoms with Crippen LogP contribution in [0.15, 0.2) is 0 Å². The summed E-state index contributed by atoms with van der Waals surface area (Å²) in [6.45, 7) is 13.5. The molecule has 2 aliphatic heterocycles. The van der Waals surface area contributed by atoms with Crippen molar-refractivity contribution in [3.63, 3.8) is 0 Å². The standard InChI is InChI=1S/C17H35N3/c1-15(2)20-12-7-8-17(9-13-20)18-16(3)14-19-10-5-4-6-11-19/h15-18H,4-14H2,1-3H3. The van der Waals surface area contributed by atoms with Crippen LogP contribution in [0.5, 0.6) is 0 Å². The molecule has 0 amide bonds. The predicted octanol–water partition coefficient (Wildman–Crippen LogP) is 2.71. The first-order valence-electron chi connectivity index (χ1n) is 8.87. The fraction of sp³-hybridized carbons (Fsp3) is 1.00. The van der Waals surface area contributed by atoms with E-state index in [0.29, 0.717) is 12.1 Å². The van der Waals surface area contributed by atoms with Gasteiger partial charge in [0.1, 0.15) is 0 Å². The Morgan fingerprint density at radius 1 is 0.900 bits per heavy atom. The Labute approximate surface area is 126 Å². The maximum Gasteiger partial charge on any atom is 0.0169 e. The van der Waals surface area contributed by atoms with Crippen molar-refractivity contribution in [2.45, 2.75) is 77.4 Å². The Kier molecular flexibility index (Phi) is 6.79. The maximum atomic E-state index is 3.90. The molecule has 0 bridgehead atoms. The molecular weight excluding hydrogens is 246 g/mol. The Balaban J connectivity index is 1.69. The van der Waals surface area contributed by atoms with E-state index in [1.54, 1.807) is 0 Å². The van der Waals surface area contributed by atoms with Crippen LogP contribution in [-0.4, -0.2) is 60.6 Å². The summed E-state index contributed by atoms with van der Waals surface area (Å²) in [5.41, 5.74) is 0. The van der Waals surface area contributed by atoms with E-state index in [0.717, 1.165) is 6.04 Å². The summed E-state index contributed by atoms with van der Waals surface area (Å²) >= 11 is 0. The number of rotatable bonds is 5. The van der Waals surface area contributed by atoms with Crippen molar-refractivity contribution < 1.29 is 0 Å². The largest absolute Gasteiger partial charge is 0.310 e. The summed E-state index contributed by atoms with van der Waals surface area (Å²) in [6, 6.07) is 2.08. The first-order valence-corrected chi connectivity index (χ1v) is 8.87. The predicted molar refractivity (Wildman–Crippen MR) is 87.2 cm³/mol. The second-order valence-electron chi connectivity index (χ2n) is 7.19. The summed E-state index contributed by atoms with van der Waals surface area (Å²) in [6.07, 6.45) is 8.27. The Hall–Kier alpha value is -0.120. The lowest BCUT2D eigenvalue weighted by molar-refractivity contribution is 0.200. The fourth-order valence-electron chi connectivity index (χ4n) is 3.79. The maximum absolute atomic E-state index is 3.90. The van der Waals surface area contributed by atoms with E-state index in [1.807, 2.05) is 0 Å². The highest BCUT2D eigenvalue weighted by Gasteiger charge is 2.21. The molecule has 2 fully saturated rings. The summed E-state index contributed by atoms with van der Waals surface area (Å²) < 4.78 is 0. The van der Waals surface area contributed by atoms with Crippen LogP contribution in [0.2, 0.25) is 0 Å². The molecule has 2 saturated heterocycles. The summed E-state index contributed by atoms with van der Waals surface area (Å²) in [7, 11) is 0. The first-order chi connectivity index (χ1) is 9.65. The summed E-state index contributed by atoms with van der Waals surface area (Å²) in [5.74, 6) is 0. The van der Waals surface area contributed by atoms with Gasteiger partial charge < -0.3 is 15.1 Å². The second kappa shape index (κ2) is 8.35. The number of likely N-dealkylation sites (tertiary alicyclic amines) is 2. The van der Waals surface area contributed by atoms with Crippen LogP contribution in [0, 0.1) is 0 Å². The number of nitrogens with zero attached hydrogens (tertiary/aromatic N) is 2. The average Bonchev–Trinajstić information content (AvgIpc) is 2.65. The van der Waals surface area contributed by atoms with Gasteiger partial charge in [-0.05, 0) is 79.1 Å². The zero-order valence-electron chi connectivity index (χ0n) is 13.9. The third-order valence-electron chi connectivity index (χ3n) is 4.99. The number of hydrogen-bond acceptors (Lipinski definition) is 3. The average molecular weight is 281 g/mol. The third-order valence-corrected chi connectivity index (χ3v) is 4.99. The fourth-order valence-corrected chi connectivity index (χ4v) is 3.79. The molecule has 118 valence electrons. The minimum absolute atomic E-state index is 0.642. The van der Waals surface area contributed by atoms with E-state index < -0.39 is 0 Å².